The van der Waals surface area contributed by atoms with Crippen molar-refractivity contribution >= 4 is 11.9 Å². The van der Waals surface area contributed by atoms with E-state index in [1.165, 1.54) is 57.1 Å². The molecular formula is C20H34N4O4. The first-order valence-corrected chi connectivity index (χ1v) is 10.1. The molecule has 3 amide bonds. The van der Waals surface area contributed by atoms with Gasteiger partial charge in [0.05, 0.1) is 5.56 Å². The Morgan fingerprint density at radius 2 is 1.50 bits per heavy atom. The standard InChI is InChI=1S/C20H34N4O4/c1-2-3-4-5-6-7-8-9-10-11-14-24(21)20(28)23-22-19(27)17-13-12-16(25)15-18(17)26/h12-13,15,25-26H,2-11,14,21H2,1H3,(H,22,27)(H,23,28). The van der Waals surface area contributed by atoms with Crippen molar-refractivity contribution in [2.24, 2.45) is 5.84 Å². The molecule has 0 heterocycles. The minimum absolute atomic E-state index is 0.0728. The van der Waals surface area contributed by atoms with Gasteiger partial charge in [-0.15, -0.1) is 0 Å². The molecule has 0 aliphatic rings. The van der Waals surface area contributed by atoms with Gasteiger partial charge in [-0.3, -0.25) is 15.2 Å². The summed E-state index contributed by atoms with van der Waals surface area (Å²) in [5.41, 5.74) is 4.30. The molecule has 0 saturated heterocycles. The summed E-state index contributed by atoms with van der Waals surface area (Å²) in [6, 6.07) is 2.91. The highest BCUT2D eigenvalue weighted by atomic mass is 16.3. The van der Waals surface area contributed by atoms with E-state index in [1.807, 2.05) is 0 Å². The lowest BCUT2D eigenvalue weighted by Crippen LogP contribution is -2.51. The van der Waals surface area contributed by atoms with E-state index in [0.717, 1.165) is 30.3 Å². The van der Waals surface area contributed by atoms with Crippen molar-refractivity contribution in [2.45, 2.75) is 71.1 Å². The van der Waals surface area contributed by atoms with E-state index >= 15 is 0 Å². The molecule has 0 saturated carbocycles. The number of carbonyl (C=O) groups is 2. The molecule has 6 N–H and O–H groups in total. The third-order valence-corrected chi connectivity index (χ3v) is 4.52. The summed E-state index contributed by atoms with van der Waals surface area (Å²) in [7, 11) is 0. The number of phenols is 2. The molecule has 0 atom stereocenters. The molecule has 0 aliphatic carbocycles. The van der Waals surface area contributed by atoms with Gasteiger partial charge in [0.25, 0.3) is 5.91 Å². The van der Waals surface area contributed by atoms with Crippen LogP contribution >= 0.6 is 0 Å². The van der Waals surface area contributed by atoms with E-state index in [1.54, 1.807) is 0 Å². The topological polar surface area (TPSA) is 128 Å². The number of aromatic hydroxyl groups is 2. The molecule has 158 valence electrons. The Bertz CT molecular complexity index is 610. The Labute approximate surface area is 167 Å². The summed E-state index contributed by atoms with van der Waals surface area (Å²) in [5, 5.41) is 19.9. The van der Waals surface area contributed by atoms with Crippen molar-refractivity contribution < 1.29 is 19.8 Å². The average molecular weight is 395 g/mol. The number of nitrogens with two attached hydrogens (primary N) is 1. The number of hydrogen-bond donors (Lipinski definition) is 5. The van der Waals surface area contributed by atoms with Gasteiger partial charge in [-0.25, -0.2) is 16.1 Å². The molecule has 1 aromatic rings. The van der Waals surface area contributed by atoms with Crippen LogP contribution in [0, 0.1) is 0 Å². The maximum atomic E-state index is 11.9. The predicted molar refractivity (Wildman–Crippen MR) is 109 cm³/mol. The van der Waals surface area contributed by atoms with Gasteiger partial charge in [0.15, 0.2) is 0 Å². The van der Waals surface area contributed by atoms with Crippen LogP contribution in [0.5, 0.6) is 11.5 Å². The molecule has 1 rings (SSSR count). The number of phenolic OH excluding ortho intramolecular Hbond substituents is 2. The van der Waals surface area contributed by atoms with Crippen LogP contribution in [0.25, 0.3) is 0 Å². The molecule has 28 heavy (non-hydrogen) atoms. The van der Waals surface area contributed by atoms with Crippen LogP contribution in [0.4, 0.5) is 4.79 Å². The van der Waals surface area contributed by atoms with E-state index in [-0.39, 0.29) is 17.1 Å². The van der Waals surface area contributed by atoms with Crippen molar-refractivity contribution in [1.82, 2.24) is 15.9 Å². The molecule has 0 fully saturated rings. The SMILES string of the molecule is CCCCCCCCCCCCN(N)C(=O)NNC(=O)c1ccc(O)cc1O. The van der Waals surface area contributed by atoms with Gasteiger partial charge >= 0.3 is 6.03 Å². The molecule has 1 aromatic carbocycles. The lowest BCUT2D eigenvalue weighted by atomic mass is 10.1. The van der Waals surface area contributed by atoms with Crippen molar-refractivity contribution in [1.29, 1.82) is 0 Å². The highest BCUT2D eigenvalue weighted by Gasteiger charge is 2.14. The van der Waals surface area contributed by atoms with Gasteiger partial charge in [-0.05, 0) is 18.6 Å². The Hall–Kier alpha value is -2.48. The van der Waals surface area contributed by atoms with Crippen molar-refractivity contribution in [3.8, 4) is 11.5 Å². The normalized spacial score (nSPS) is 10.5. The first-order chi connectivity index (χ1) is 13.5. The van der Waals surface area contributed by atoms with Crippen LogP contribution in [-0.4, -0.2) is 33.7 Å². The zero-order valence-electron chi connectivity index (χ0n) is 16.7. The number of hydrogen-bond acceptors (Lipinski definition) is 5. The van der Waals surface area contributed by atoms with E-state index in [4.69, 9.17) is 5.84 Å². The van der Waals surface area contributed by atoms with Crippen molar-refractivity contribution in [3.63, 3.8) is 0 Å². The molecule has 0 spiro atoms. The van der Waals surface area contributed by atoms with Gasteiger partial charge in [0.2, 0.25) is 0 Å². The quantitative estimate of drug-likeness (QED) is 0.160. The fraction of sp³-hybridized carbons (Fsp3) is 0.600. The van der Waals surface area contributed by atoms with Crippen LogP contribution in [0.15, 0.2) is 18.2 Å². The second-order valence-electron chi connectivity index (χ2n) is 6.96. The summed E-state index contributed by atoms with van der Waals surface area (Å²) in [6.07, 6.45) is 11.9. The number of benzene rings is 1. The maximum absolute atomic E-state index is 11.9. The third kappa shape index (κ3) is 9.45. The van der Waals surface area contributed by atoms with Crippen LogP contribution < -0.4 is 16.7 Å². The third-order valence-electron chi connectivity index (χ3n) is 4.52. The number of unbranched alkanes of at least 4 members (excludes halogenated alkanes) is 9. The van der Waals surface area contributed by atoms with Gasteiger partial charge in [-0.2, -0.15) is 0 Å². The molecule has 0 aromatic heterocycles. The minimum Gasteiger partial charge on any atom is -0.508 e. The highest BCUT2D eigenvalue weighted by Crippen LogP contribution is 2.22. The van der Waals surface area contributed by atoms with E-state index in [9.17, 15) is 19.8 Å². The largest absolute Gasteiger partial charge is 0.508 e. The number of urea groups is 1. The molecule has 8 nitrogen and oxygen atoms in total. The van der Waals surface area contributed by atoms with Gasteiger partial charge < -0.3 is 10.2 Å². The summed E-state index contributed by atoms with van der Waals surface area (Å²) in [4.78, 5) is 23.8. The fourth-order valence-electron chi connectivity index (χ4n) is 2.83. The van der Waals surface area contributed by atoms with Crippen LogP contribution in [-0.2, 0) is 0 Å². The van der Waals surface area contributed by atoms with Gasteiger partial charge in [-0.1, -0.05) is 64.7 Å². The number of nitrogens with one attached hydrogen (secondary N) is 2. The van der Waals surface area contributed by atoms with E-state index < -0.39 is 11.9 Å². The Morgan fingerprint density at radius 3 is 2.07 bits per heavy atom. The molecule has 0 radical (unpaired) electrons. The Morgan fingerprint density at radius 1 is 0.929 bits per heavy atom. The summed E-state index contributed by atoms with van der Waals surface area (Å²) in [6.45, 7) is 2.61. The summed E-state index contributed by atoms with van der Waals surface area (Å²) in [5.74, 6) is 4.43. The molecule has 0 bridgehead atoms. The van der Waals surface area contributed by atoms with E-state index in [0.29, 0.717) is 6.54 Å². The van der Waals surface area contributed by atoms with Gasteiger partial charge in [0.1, 0.15) is 11.5 Å². The molecule has 0 unspecified atom stereocenters. The second-order valence-corrected chi connectivity index (χ2v) is 6.96. The number of rotatable bonds is 12. The Kier molecular flexibility index (Phi) is 11.5. The zero-order valence-corrected chi connectivity index (χ0v) is 16.7. The van der Waals surface area contributed by atoms with Crippen molar-refractivity contribution in [3.05, 3.63) is 23.8 Å². The Balaban J connectivity index is 2.12. The first kappa shape index (κ1) is 23.6. The number of amides is 3. The first-order valence-electron chi connectivity index (χ1n) is 10.1. The molecular weight excluding hydrogens is 360 g/mol. The number of hydrazine groups is 2. The number of carbonyl (C=O) groups excluding carboxylic acids is 2. The second kappa shape index (κ2) is 13.7. The smallest absolute Gasteiger partial charge is 0.350 e. The fourth-order valence-corrected chi connectivity index (χ4v) is 2.83. The lowest BCUT2D eigenvalue weighted by Gasteiger charge is -2.17. The highest BCUT2D eigenvalue weighted by molar-refractivity contribution is 5.97. The predicted octanol–water partition coefficient (Wildman–Crippen LogP) is 3.55. The van der Waals surface area contributed by atoms with E-state index in [2.05, 4.69) is 17.8 Å². The molecule has 8 heteroatoms. The molecule has 0 aliphatic heterocycles. The average Bonchev–Trinajstić information content (AvgIpc) is 2.67. The zero-order chi connectivity index (χ0) is 20.8. The maximum Gasteiger partial charge on any atom is 0.350 e. The van der Waals surface area contributed by atoms with Crippen LogP contribution in [0.3, 0.4) is 0 Å². The minimum atomic E-state index is -0.710. The summed E-state index contributed by atoms with van der Waals surface area (Å²) < 4.78 is 0. The van der Waals surface area contributed by atoms with Gasteiger partial charge in [0, 0.05) is 12.6 Å². The van der Waals surface area contributed by atoms with Crippen molar-refractivity contribution in [2.75, 3.05) is 6.54 Å². The lowest BCUT2D eigenvalue weighted by molar-refractivity contribution is 0.0927. The van der Waals surface area contributed by atoms with Crippen LogP contribution in [0.2, 0.25) is 0 Å². The van der Waals surface area contributed by atoms with Crippen LogP contribution in [0.1, 0.15) is 81.5 Å². The monoisotopic (exact) mass is 394 g/mol. The number of nitrogens with zero attached hydrogens (tertiary/aromatic N) is 1. The summed E-state index contributed by atoms with van der Waals surface area (Å²) >= 11 is 0.